The number of rotatable bonds is 5. The van der Waals surface area contributed by atoms with E-state index in [2.05, 4.69) is 15.9 Å². The highest BCUT2D eigenvalue weighted by Crippen LogP contribution is 2.26. The van der Waals surface area contributed by atoms with Crippen molar-refractivity contribution in [2.75, 3.05) is 24.0 Å². The molecule has 0 saturated heterocycles. The van der Waals surface area contributed by atoms with Crippen LogP contribution >= 0.6 is 27.7 Å². The fourth-order valence-corrected chi connectivity index (χ4v) is 4.10. The lowest BCUT2D eigenvalue weighted by molar-refractivity contribution is -0.115. The van der Waals surface area contributed by atoms with Crippen molar-refractivity contribution < 1.29 is 13.2 Å². The van der Waals surface area contributed by atoms with Crippen LogP contribution in [0.3, 0.4) is 0 Å². The van der Waals surface area contributed by atoms with Gasteiger partial charge in [-0.3, -0.25) is 4.79 Å². The number of nitrogens with zero attached hydrogens (tertiary/aromatic N) is 1. The van der Waals surface area contributed by atoms with Crippen LogP contribution in [0.15, 0.2) is 56.7 Å². The van der Waals surface area contributed by atoms with Crippen molar-refractivity contribution in [3.05, 3.63) is 52.5 Å². The van der Waals surface area contributed by atoms with Crippen LogP contribution in [0.4, 0.5) is 5.69 Å². The van der Waals surface area contributed by atoms with E-state index in [0.29, 0.717) is 11.4 Å². The predicted molar refractivity (Wildman–Crippen MR) is 103 cm³/mol. The number of sulfone groups is 1. The SMILES string of the molecule is Cc1cc(Br)ccc1SCC(=O)N(C)c1ccc(S(C)(=O)=O)cc1. The molecule has 0 unspecified atom stereocenters. The number of anilines is 1. The van der Waals surface area contributed by atoms with Gasteiger partial charge in [-0.1, -0.05) is 15.9 Å². The zero-order chi connectivity index (χ0) is 17.9. The summed E-state index contributed by atoms with van der Waals surface area (Å²) in [7, 11) is -1.54. The summed E-state index contributed by atoms with van der Waals surface area (Å²) in [6.45, 7) is 2.01. The summed E-state index contributed by atoms with van der Waals surface area (Å²) in [6, 6.07) is 12.3. The molecule has 0 N–H and O–H groups in total. The van der Waals surface area contributed by atoms with Gasteiger partial charge < -0.3 is 4.90 Å². The summed E-state index contributed by atoms with van der Waals surface area (Å²) < 4.78 is 24.0. The molecule has 0 atom stereocenters. The van der Waals surface area contributed by atoms with Gasteiger partial charge in [0.1, 0.15) is 0 Å². The van der Waals surface area contributed by atoms with Crippen LogP contribution in [0, 0.1) is 6.92 Å². The molecule has 0 aliphatic carbocycles. The van der Waals surface area contributed by atoms with Gasteiger partial charge in [0.05, 0.1) is 10.6 Å². The van der Waals surface area contributed by atoms with Gasteiger partial charge in [0, 0.05) is 28.4 Å². The Morgan fingerprint density at radius 2 is 1.79 bits per heavy atom. The number of carbonyl (C=O) groups excluding carboxylic acids is 1. The standard InChI is InChI=1S/C17H18BrNO3S2/c1-12-10-13(18)4-9-16(12)23-11-17(20)19(2)14-5-7-15(8-6-14)24(3,21)22/h4-10H,11H2,1-3H3. The third kappa shape index (κ3) is 4.84. The number of benzene rings is 2. The van der Waals surface area contributed by atoms with Gasteiger partial charge in [0.15, 0.2) is 9.84 Å². The largest absolute Gasteiger partial charge is 0.315 e. The molecule has 24 heavy (non-hydrogen) atoms. The molecular weight excluding hydrogens is 410 g/mol. The molecule has 2 aromatic carbocycles. The maximum atomic E-state index is 12.4. The molecular formula is C17H18BrNO3S2. The third-order valence-corrected chi connectivity index (χ3v) is 6.30. The molecule has 1 amide bonds. The Balaban J connectivity index is 2.04. The van der Waals surface area contributed by atoms with E-state index >= 15 is 0 Å². The highest BCUT2D eigenvalue weighted by atomic mass is 79.9. The van der Waals surface area contributed by atoms with E-state index in [1.165, 1.54) is 28.8 Å². The van der Waals surface area contributed by atoms with E-state index in [0.717, 1.165) is 21.2 Å². The Morgan fingerprint density at radius 3 is 2.33 bits per heavy atom. The average Bonchev–Trinajstić information content (AvgIpc) is 2.52. The lowest BCUT2D eigenvalue weighted by Gasteiger charge is -2.17. The quantitative estimate of drug-likeness (QED) is 0.678. The minimum absolute atomic E-state index is 0.0468. The van der Waals surface area contributed by atoms with Gasteiger partial charge >= 0.3 is 0 Å². The maximum Gasteiger partial charge on any atom is 0.237 e. The molecule has 0 saturated carbocycles. The summed E-state index contributed by atoms with van der Waals surface area (Å²) in [4.78, 5) is 15.2. The first kappa shape index (κ1) is 19.0. The normalized spacial score (nSPS) is 11.3. The minimum atomic E-state index is -3.23. The van der Waals surface area contributed by atoms with E-state index in [1.54, 1.807) is 19.2 Å². The van der Waals surface area contributed by atoms with Gasteiger partial charge in [-0.15, -0.1) is 11.8 Å². The lowest BCUT2D eigenvalue weighted by Crippen LogP contribution is -2.27. The van der Waals surface area contributed by atoms with Crippen LogP contribution in [0.5, 0.6) is 0 Å². The number of hydrogen-bond acceptors (Lipinski definition) is 4. The molecule has 4 nitrogen and oxygen atoms in total. The molecule has 2 rings (SSSR count). The lowest BCUT2D eigenvalue weighted by atomic mass is 10.2. The van der Waals surface area contributed by atoms with Crippen LogP contribution in [0.25, 0.3) is 0 Å². The molecule has 2 aromatic rings. The highest BCUT2D eigenvalue weighted by molar-refractivity contribution is 9.10. The number of hydrogen-bond donors (Lipinski definition) is 0. The second-order valence-electron chi connectivity index (χ2n) is 5.42. The van der Waals surface area contributed by atoms with Gasteiger partial charge in [-0.2, -0.15) is 0 Å². The van der Waals surface area contributed by atoms with Crippen LogP contribution in [0.1, 0.15) is 5.56 Å². The first-order valence-electron chi connectivity index (χ1n) is 7.14. The van der Waals surface area contributed by atoms with Gasteiger partial charge in [0.25, 0.3) is 0 Å². The van der Waals surface area contributed by atoms with Crippen LogP contribution < -0.4 is 4.90 Å². The Morgan fingerprint density at radius 1 is 1.17 bits per heavy atom. The van der Waals surface area contributed by atoms with Crippen LogP contribution in [-0.2, 0) is 14.6 Å². The van der Waals surface area contributed by atoms with Gasteiger partial charge in [0.2, 0.25) is 5.91 Å². The number of carbonyl (C=O) groups is 1. The first-order chi connectivity index (χ1) is 11.2. The molecule has 0 bridgehead atoms. The van der Waals surface area contributed by atoms with Crippen molar-refractivity contribution in [3.8, 4) is 0 Å². The monoisotopic (exact) mass is 427 g/mol. The van der Waals surface area contributed by atoms with Crippen molar-refractivity contribution in [1.29, 1.82) is 0 Å². The van der Waals surface area contributed by atoms with Gasteiger partial charge in [-0.25, -0.2) is 8.42 Å². The summed E-state index contributed by atoms with van der Waals surface area (Å²) in [5, 5.41) is 0. The summed E-state index contributed by atoms with van der Waals surface area (Å²) in [5.74, 6) is 0.265. The zero-order valence-corrected chi connectivity index (χ0v) is 16.8. The summed E-state index contributed by atoms with van der Waals surface area (Å²) in [5.41, 5.74) is 1.78. The third-order valence-electron chi connectivity index (χ3n) is 3.51. The Bertz CT molecular complexity index is 849. The molecule has 128 valence electrons. The van der Waals surface area contributed by atoms with E-state index in [4.69, 9.17) is 0 Å². The molecule has 7 heteroatoms. The predicted octanol–water partition coefficient (Wildman–Crippen LogP) is 3.92. The number of halogens is 1. The number of amides is 1. The Hall–Kier alpha value is -1.31. The highest BCUT2D eigenvalue weighted by Gasteiger charge is 2.13. The first-order valence-corrected chi connectivity index (χ1v) is 10.8. The number of aryl methyl sites for hydroxylation is 1. The second kappa shape index (κ2) is 7.72. The topological polar surface area (TPSA) is 54.5 Å². The number of thioether (sulfide) groups is 1. The fraction of sp³-hybridized carbons (Fsp3) is 0.235. The minimum Gasteiger partial charge on any atom is -0.315 e. The van der Waals surface area contributed by atoms with Gasteiger partial charge in [-0.05, 0) is 55.0 Å². The Kier molecular flexibility index (Phi) is 6.11. The molecule has 0 spiro atoms. The van der Waals surface area contributed by atoms with Crippen molar-refractivity contribution in [2.24, 2.45) is 0 Å². The van der Waals surface area contributed by atoms with Crippen molar-refractivity contribution in [3.63, 3.8) is 0 Å². The molecule has 0 aromatic heterocycles. The van der Waals surface area contributed by atoms with E-state index in [1.807, 2.05) is 25.1 Å². The molecule has 0 radical (unpaired) electrons. The van der Waals surface area contributed by atoms with E-state index in [-0.39, 0.29) is 10.8 Å². The van der Waals surface area contributed by atoms with Crippen molar-refractivity contribution >= 4 is 49.1 Å². The van der Waals surface area contributed by atoms with Crippen molar-refractivity contribution in [1.82, 2.24) is 0 Å². The smallest absolute Gasteiger partial charge is 0.237 e. The molecule has 0 aliphatic heterocycles. The van der Waals surface area contributed by atoms with Crippen molar-refractivity contribution in [2.45, 2.75) is 16.7 Å². The van der Waals surface area contributed by atoms with Crippen LogP contribution in [-0.4, -0.2) is 33.4 Å². The molecule has 0 heterocycles. The van der Waals surface area contributed by atoms with E-state index < -0.39 is 9.84 Å². The molecule has 0 fully saturated rings. The van der Waals surface area contributed by atoms with Crippen LogP contribution in [0.2, 0.25) is 0 Å². The van der Waals surface area contributed by atoms with E-state index in [9.17, 15) is 13.2 Å². The molecule has 0 aliphatic rings. The average molecular weight is 428 g/mol. The summed E-state index contributed by atoms with van der Waals surface area (Å²) in [6.07, 6.45) is 1.16. The fourth-order valence-electron chi connectivity index (χ4n) is 2.07. The summed E-state index contributed by atoms with van der Waals surface area (Å²) >= 11 is 4.91. The zero-order valence-electron chi connectivity index (χ0n) is 13.6. The Labute approximate surface area is 155 Å². The second-order valence-corrected chi connectivity index (χ2v) is 9.37. The maximum absolute atomic E-state index is 12.4.